The van der Waals surface area contributed by atoms with Crippen molar-refractivity contribution < 1.29 is 34.4 Å². The zero-order valence-electron chi connectivity index (χ0n) is 24.5. The third kappa shape index (κ3) is 5.13. The van der Waals surface area contributed by atoms with Gasteiger partial charge in [0.25, 0.3) is 0 Å². The van der Waals surface area contributed by atoms with E-state index < -0.39 is 24.2 Å². The van der Waals surface area contributed by atoms with Gasteiger partial charge in [0, 0.05) is 30.6 Å². The highest BCUT2D eigenvalue weighted by Crippen LogP contribution is 2.60. The van der Waals surface area contributed by atoms with Gasteiger partial charge in [-0.15, -0.1) is 6.58 Å². The van der Waals surface area contributed by atoms with Gasteiger partial charge in [0.15, 0.2) is 11.5 Å². The van der Waals surface area contributed by atoms with Crippen molar-refractivity contribution >= 4 is 11.8 Å². The van der Waals surface area contributed by atoms with Gasteiger partial charge in [-0.1, -0.05) is 6.08 Å². The molecule has 42 heavy (non-hydrogen) atoms. The van der Waals surface area contributed by atoms with Crippen LogP contribution in [0.1, 0.15) is 68.4 Å². The number of rotatable bonds is 11. The van der Waals surface area contributed by atoms with Gasteiger partial charge in [0.1, 0.15) is 12.2 Å². The first-order valence-corrected chi connectivity index (χ1v) is 15.5. The van der Waals surface area contributed by atoms with Crippen LogP contribution in [-0.4, -0.2) is 77.1 Å². The van der Waals surface area contributed by atoms with Crippen molar-refractivity contribution in [2.75, 3.05) is 26.8 Å². The molecule has 4 atom stereocenters. The second-order valence-electron chi connectivity index (χ2n) is 13.3. The molecule has 4 fully saturated rings. The molecule has 7 rings (SSSR count). The Morgan fingerprint density at radius 1 is 1.17 bits per heavy atom. The minimum Gasteiger partial charge on any atom is -0.493 e. The number of carbonyl (C=O) groups is 2. The molecule has 4 N–H and O–H groups in total. The van der Waals surface area contributed by atoms with Gasteiger partial charge in [-0.25, -0.2) is 0 Å². The topological polar surface area (TPSA) is 129 Å². The van der Waals surface area contributed by atoms with E-state index in [2.05, 4.69) is 11.9 Å². The fourth-order valence-corrected chi connectivity index (χ4v) is 9.19. The van der Waals surface area contributed by atoms with E-state index in [4.69, 9.17) is 9.47 Å². The first kappa shape index (κ1) is 29.2. The summed E-state index contributed by atoms with van der Waals surface area (Å²) in [6, 6.07) is 2.71. The van der Waals surface area contributed by atoms with Crippen LogP contribution < -0.4 is 14.8 Å². The highest BCUT2D eigenvalue weighted by Gasteiger charge is 2.55. The number of hydrogen-bond acceptors (Lipinski definition) is 7. The molecule has 4 bridgehead atoms. The number of allylic oxidation sites excluding steroid dienone is 1. The van der Waals surface area contributed by atoms with Crippen LogP contribution in [-0.2, 0) is 16.2 Å². The van der Waals surface area contributed by atoms with Gasteiger partial charge in [-0.05, 0) is 91.9 Å². The summed E-state index contributed by atoms with van der Waals surface area (Å²) in [6.45, 7) is 3.99. The first-order chi connectivity index (χ1) is 20.3. The fraction of sp³-hybridized carbons (Fsp3) is 0.636. The molecular formula is C33H44N2O7. The van der Waals surface area contributed by atoms with Crippen molar-refractivity contribution in [3.8, 4) is 11.5 Å². The van der Waals surface area contributed by atoms with E-state index in [0.717, 1.165) is 19.3 Å². The van der Waals surface area contributed by atoms with Crippen molar-refractivity contribution in [2.45, 2.75) is 82.1 Å². The first-order valence-electron chi connectivity index (χ1n) is 15.5. The maximum atomic E-state index is 13.9. The van der Waals surface area contributed by atoms with E-state index in [0.29, 0.717) is 58.9 Å². The number of nitrogens with one attached hydrogen (secondary N) is 1. The zero-order valence-corrected chi connectivity index (χ0v) is 24.5. The molecule has 9 nitrogen and oxygen atoms in total. The van der Waals surface area contributed by atoms with Crippen molar-refractivity contribution in [1.29, 1.82) is 0 Å². The molecule has 5 aliphatic carbocycles. The second kappa shape index (κ2) is 11.7. The van der Waals surface area contributed by atoms with Gasteiger partial charge in [-0.2, -0.15) is 0 Å². The largest absolute Gasteiger partial charge is 0.493 e. The molecule has 0 spiro atoms. The summed E-state index contributed by atoms with van der Waals surface area (Å²) < 4.78 is 12.0. The van der Waals surface area contributed by atoms with E-state index >= 15 is 0 Å². The van der Waals surface area contributed by atoms with Crippen LogP contribution in [0.3, 0.4) is 0 Å². The van der Waals surface area contributed by atoms with E-state index in [1.807, 2.05) is 4.90 Å². The van der Waals surface area contributed by atoms with Crippen LogP contribution in [0.25, 0.3) is 0 Å². The molecule has 1 aromatic rings. The molecule has 9 heteroatoms. The third-order valence-corrected chi connectivity index (χ3v) is 10.4. The quantitative estimate of drug-likeness (QED) is 0.296. The Morgan fingerprint density at radius 3 is 2.45 bits per heavy atom. The Morgan fingerprint density at radius 2 is 1.86 bits per heavy atom. The normalized spacial score (nSPS) is 33.7. The predicted molar refractivity (Wildman–Crippen MR) is 156 cm³/mol. The molecule has 228 valence electrons. The molecule has 1 aromatic carbocycles. The minimum atomic E-state index is -1.10. The van der Waals surface area contributed by atoms with Crippen molar-refractivity contribution in [3.63, 3.8) is 0 Å². The second-order valence-corrected chi connectivity index (χ2v) is 13.3. The summed E-state index contributed by atoms with van der Waals surface area (Å²) in [4.78, 5) is 29.4. The number of methoxy groups -OCH3 is 1. The smallest absolute Gasteiger partial charge is 0.247 e. The molecule has 0 saturated heterocycles. The highest BCUT2D eigenvalue weighted by molar-refractivity contribution is 5.96. The monoisotopic (exact) mass is 580 g/mol. The number of carbonyl (C=O) groups excluding carboxylic acids is 2. The molecule has 0 radical (unpaired) electrons. The summed E-state index contributed by atoms with van der Waals surface area (Å²) >= 11 is 0. The Labute approximate surface area is 247 Å². The van der Waals surface area contributed by atoms with E-state index in [1.165, 1.54) is 26.4 Å². The third-order valence-electron chi connectivity index (χ3n) is 10.4. The number of aliphatic hydroxyl groups excluding tert-OH is 3. The minimum absolute atomic E-state index is 0.0288. The lowest BCUT2D eigenvalue weighted by Gasteiger charge is -2.58. The van der Waals surface area contributed by atoms with Crippen LogP contribution in [0, 0.1) is 23.2 Å². The van der Waals surface area contributed by atoms with E-state index in [9.17, 15) is 24.9 Å². The number of hydrogen-bond donors (Lipinski definition) is 4. The van der Waals surface area contributed by atoms with Gasteiger partial charge < -0.3 is 35.0 Å². The summed E-state index contributed by atoms with van der Waals surface area (Å²) in [5, 5.41) is 34.1. The molecule has 1 heterocycles. The van der Waals surface area contributed by atoms with Gasteiger partial charge >= 0.3 is 0 Å². The fourth-order valence-electron chi connectivity index (χ4n) is 9.19. The number of benzene rings is 1. The van der Waals surface area contributed by atoms with Gasteiger partial charge in [0.05, 0.1) is 32.3 Å². The summed E-state index contributed by atoms with van der Waals surface area (Å²) in [6.07, 6.45) is 9.56. The molecule has 4 saturated carbocycles. The number of fused-ring (bicyclic) bond motifs is 3. The average molecular weight is 581 g/mol. The van der Waals surface area contributed by atoms with Crippen LogP contribution in [0.15, 0.2) is 36.4 Å². The zero-order chi connectivity index (χ0) is 29.6. The van der Waals surface area contributed by atoms with E-state index in [1.54, 1.807) is 24.3 Å². The number of ether oxygens (including phenoxy) is 2. The van der Waals surface area contributed by atoms with Crippen LogP contribution in [0.4, 0.5) is 0 Å². The lowest BCUT2D eigenvalue weighted by Crippen LogP contribution is -2.59. The standard InChI is InChI=1S/C33H44N2O7/c1-3-4-5-27(38)35(18-33-14-19-8-20(15-33)10-21(9-19)16-33)25-13-24(32(40)34-6-7-36)28-23-11-22(17-37)12-26(41-2)30(23)42-31(28)29(25)39/h3,11-13,19-21,25,28-29,31,36-37,39H,1,4-10,14-18H2,2H3,(H,34,40)/t19?,20?,21?,25-,28+,29+,31+,33?/m1/s1. The molecule has 2 amide bonds. The predicted octanol–water partition coefficient (Wildman–Crippen LogP) is 2.82. The Balaban J connectivity index is 1.40. The number of nitrogens with zero attached hydrogens (tertiary/aromatic N) is 1. The maximum absolute atomic E-state index is 13.9. The molecule has 0 unspecified atom stereocenters. The van der Waals surface area contributed by atoms with E-state index in [-0.39, 0.29) is 43.4 Å². The van der Waals surface area contributed by atoms with Gasteiger partial charge in [-0.3, -0.25) is 9.59 Å². The molecular weight excluding hydrogens is 536 g/mol. The van der Waals surface area contributed by atoms with Crippen LogP contribution in [0.5, 0.6) is 11.5 Å². The van der Waals surface area contributed by atoms with Crippen molar-refractivity contribution in [1.82, 2.24) is 10.2 Å². The highest BCUT2D eigenvalue weighted by atomic mass is 16.5. The van der Waals surface area contributed by atoms with Crippen molar-refractivity contribution in [2.24, 2.45) is 23.2 Å². The number of amides is 2. The summed E-state index contributed by atoms with van der Waals surface area (Å²) in [5.74, 6) is 1.89. The molecule has 0 aromatic heterocycles. The number of aliphatic hydroxyl groups is 3. The average Bonchev–Trinajstić information content (AvgIpc) is 3.36. The lowest BCUT2D eigenvalue weighted by atomic mass is 9.49. The lowest BCUT2D eigenvalue weighted by molar-refractivity contribution is -0.145. The Hall–Kier alpha value is -2.88. The Kier molecular flexibility index (Phi) is 8.11. The van der Waals surface area contributed by atoms with Gasteiger partial charge in [0.2, 0.25) is 11.8 Å². The van der Waals surface area contributed by atoms with Crippen molar-refractivity contribution in [3.05, 3.63) is 47.6 Å². The molecule has 6 aliphatic rings. The maximum Gasteiger partial charge on any atom is 0.247 e. The SMILES string of the molecule is C=CCCC(=O)N(CC12CC3CC(CC(C3)C1)C2)[C@@H]1C=C(C(=O)NCCO)[C@@H]2c3cc(CO)cc(OC)c3O[C@@H]2[C@H]1O. The summed E-state index contributed by atoms with van der Waals surface area (Å²) in [5.41, 5.74) is 1.66. The molecule has 1 aliphatic heterocycles. The van der Waals surface area contributed by atoms with Crippen LogP contribution in [0.2, 0.25) is 0 Å². The Bertz CT molecular complexity index is 1220. The summed E-state index contributed by atoms with van der Waals surface area (Å²) in [7, 11) is 1.51. The van der Waals surface area contributed by atoms with Crippen LogP contribution >= 0.6 is 0 Å².